The van der Waals surface area contributed by atoms with Gasteiger partial charge >= 0.3 is 0 Å². The Kier molecular flexibility index (Phi) is 4.74. The van der Waals surface area contributed by atoms with Gasteiger partial charge in [-0.3, -0.25) is 9.67 Å². The molecule has 0 amide bonds. The van der Waals surface area contributed by atoms with Crippen molar-refractivity contribution in [1.29, 1.82) is 0 Å². The first-order valence-corrected chi connectivity index (χ1v) is 9.20. The minimum absolute atomic E-state index is 0.330. The van der Waals surface area contributed by atoms with E-state index in [4.69, 9.17) is 0 Å². The van der Waals surface area contributed by atoms with Gasteiger partial charge < -0.3 is 0 Å². The van der Waals surface area contributed by atoms with Crippen LogP contribution in [0.1, 0.15) is 18.5 Å². The number of rotatable bonds is 6. The lowest BCUT2D eigenvalue weighted by Gasteiger charge is -2.16. The summed E-state index contributed by atoms with van der Waals surface area (Å²) in [6.45, 7) is 4.03. The van der Waals surface area contributed by atoms with Crippen LogP contribution in [0.3, 0.4) is 0 Å². The van der Waals surface area contributed by atoms with Crippen LogP contribution < -0.4 is 4.72 Å². The Morgan fingerprint density at radius 1 is 1.22 bits per heavy atom. The molecule has 3 rings (SSSR count). The smallest absolute Gasteiger partial charge is 0.268 e. The van der Waals surface area contributed by atoms with Gasteiger partial charge in [0, 0.05) is 43.3 Å². The van der Waals surface area contributed by atoms with Crippen LogP contribution in [0.15, 0.2) is 30.6 Å². The molecule has 0 radical (unpaired) electrons. The van der Waals surface area contributed by atoms with Crippen molar-refractivity contribution < 1.29 is 8.42 Å². The molecule has 1 fully saturated rings. The van der Waals surface area contributed by atoms with Crippen LogP contribution in [0.25, 0.3) is 11.3 Å². The first-order valence-electron chi connectivity index (χ1n) is 7.76. The Morgan fingerprint density at radius 2 is 1.91 bits per heavy atom. The van der Waals surface area contributed by atoms with Crippen molar-refractivity contribution in [3.05, 3.63) is 36.3 Å². The predicted molar refractivity (Wildman–Crippen MR) is 87.9 cm³/mol. The highest BCUT2D eigenvalue weighted by Gasteiger charge is 2.24. The van der Waals surface area contributed by atoms with E-state index in [2.05, 4.69) is 14.8 Å². The van der Waals surface area contributed by atoms with Crippen LogP contribution >= 0.6 is 0 Å². The lowest BCUT2D eigenvalue weighted by molar-refractivity contribution is 0.460. The van der Waals surface area contributed by atoms with Crippen LogP contribution in [0.2, 0.25) is 0 Å². The Balaban J connectivity index is 1.62. The Labute approximate surface area is 136 Å². The number of hydrogen-bond donors (Lipinski definition) is 1. The molecule has 0 spiro atoms. The lowest BCUT2D eigenvalue weighted by Crippen LogP contribution is -2.40. The molecule has 0 bridgehead atoms. The number of pyridine rings is 1. The summed E-state index contributed by atoms with van der Waals surface area (Å²) in [4.78, 5) is 4.00. The van der Waals surface area contributed by atoms with Crippen LogP contribution in [-0.4, -0.2) is 47.1 Å². The summed E-state index contributed by atoms with van der Waals surface area (Å²) in [5, 5.41) is 4.54. The molecule has 0 saturated carbocycles. The van der Waals surface area contributed by atoms with E-state index in [1.165, 1.54) is 4.31 Å². The van der Waals surface area contributed by atoms with Crippen molar-refractivity contribution in [2.24, 2.45) is 0 Å². The van der Waals surface area contributed by atoms with Gasteiger partial charge in [0.2, 0.25) is 0 Å². The quantitative estimate of drug-likeness (QED) is 0.860. The summed E-state index contributed by atoms with van der Waals surface area (Å²) >= 11 is 0. The van der Waals surface area contributed by atoms with Crippen molar-refractivity contribution in [2.45, 2.75) is 26.3 Å². The van der Waals surface area contributed by atoms with Gasteiger partial charge in [0.25, 0.3) is 10.2 Å². The molecule has 1 aliphatic rings. The van der Waals surface area contributed by atoms with Gasteiger partial charge in [0.1, 0.15) is 0 Å². The molecule has 0 unspecified atom stereocenters. The second-order valence-corrected chi connectivity index (χ2v) is 7.39. The fourth-order valence-electron chi connectivity index (χ4n) is 2.70. The van der Waals surface area contributed by atoms with Crippen LogP contribution in [0.5, 0.6) is 0 Å². The van der Waals surface area contributed by atoms with E-state index >= 15 is 0 Å². The Hall–Kier alpha value is -1.77. The summed E-state index contributed by atoms with van der Waals surface area (Å²) in [7, 11) is -3.35. The maximum atomic E-state index is 12.1. The maximum absolute atomic E-state index is 12.1. The molecule has 1 saturated heterocycles. The molecule has 0 atom stereocenters. The molecular weight excluding hydrogens is 314 g/mol. The first-order chi connectivity index (χ1) is 11.1. The SMILES string of the molecule is Cc1cc(-c2ccncc2)nn1CCNS(=O)(=O)N1CCCC1. The van der Waals surface area contributed by atoms with Gasteiger partial charge in [0.15, 0.2) is 0 Å². The van der Waals surface area contributed by atoms with E-state index in [0.717, 1.165) is 29.8 Å². The zero-order chi connectivity index (χ0) is 16.3. The monoisotopic (exact) mass is 335 g/mol. The van der Waals surface area contributed by atoms with Crippen molar-refractivity contribution >= 4 is 10.2 Å². The van der Waals surface area contributed by atoms with E-state index < -0.39 is 10.2 Å². The Bertz CT molecular complexity index is 751. The zero-order valence-electron chi connectivity index (χ0n) is 13.1. The molecule has 0 aromatic carbocycles. The second kappa shape index (κ2) is 6.77. The number of nitrogens with one attached hydrogen (secondary N) is 1. The number of nitrogens with zero attached hydrogens (tertiary/aromatic N) is 4. The largest absolute Gasteiger partial charge is 0.279 e. The van der Waals surface area contributed by atoms with E-state index in [9.17, 15) is 8.42 Å². The predicted octanol–water partition coefficient (Wildman–Crippen LogP) is 1.18. The molecule has 23 heavy (non-hydrogen) atoms. The van der Waals surface area contributed by atoms with Crippen molar-refractivity contribution in [1.82, 2.24) is 23.8 Å². The highest BCUT2D eigenvalue weighted by molar-refractivity contribution is 7.87. The van der Waals surface area contributed by atoms with Gasteiger partial charge in [-0.25, -0.2) is 4.72 Å². The minimum Gasteiger partial charge on any atom is -0.268 e. The number of aryl methyl sites for hydroxylation is 1. The highest BCUT2D eigenvalue weighted by Crippen LogP contribution is 2.17. The second-order valence-electron chi connectivity index (χ2n) is 5.64. The van der Waals surface area contributed by atoms with Gasteiger partial charge in [-0.15, -0.1) is 0 Å². The molecule has 3 heterocycles. The average Bonchev–Trinajstić information content (AvgIpc) is 3.19. The van der Waals surface area contributed by atoms with Gasteiger partial charge in [-0.2, -0.15) is 17.8 Å². The van der Waals surface area contributed by atoms with Crippen LogP contribution in [0.4, 0.5) is 0 Å². The summed E-state index contributed by atoms with van der Waals surface area (Å²) in [6, 6.07) is 5.80. The summed E-state index contributed by atoms with van der Waals surface area (Å²) in [6.07, 6.45) is 5.34. The normalized spacial score (nSPS) is 16.0. The summed E-state index contributed by atoms with van der Waals surface area (Å²) in [5.41, 5.74) is 2.86. The summed E-state index contributed by atoms with van der Waals surface area (Å²) < 4.78 is 30.2. The molecule has 7 nitrogen and oxygen atoms in total. The Morgan fingerprint density at radius 3 is 2.61 bits per heavy atom. The van der Waals surface area contributed by atoms with E-state index in [1.54, 1.807) is 12.4 Å². The molecule has 2 aromatic heterocycles. The third kappa shape index (κ3) is 3.77. The van der Waals surface area contributed by atoms with Crippen LogP contribution in [0, 0.1) is 6.92 Å². The summed E-state index contributed by atoms with van der Waals surface area (Å²) in [5.74, 6) is 0. The van der Waals surface area contributed by atoms with E-state index in [-0.39, 0.29) is 0 Å². The fraction of sp³-hybridized carbons (Fsp3) is 0.467. The minimum atomic E-state index is -3.35. The number of hydrogen-bond acceptors (Lipinski definition) is 4. The maximum Gasteiger partial charge on any atom is 0.279 e. The number of aromatic nitrogens is 3. The van der Waals surface area contributed by atoms with Gasteiger partial charge in [0.05, 0.1) is 12.2 Å². The lowest BCUT2D eigenvalue weighted by atomic mass is 10.2. The van der Waals surface area contributed by atoms with Crippen molar-refractivity contribution in [2.75, 3.05) is 19.6 Å². The van der Waals surface area contributed by atoms with E-state index in [1.807, 2.05) is 29.8 Å². The third-order valence-corrected chi connectivity index (χ3v) is 5.58. The first kappa shape index (κ1) is 16.1. The molecule has 124 valence electrons. The molecule has 0 aliphatic carbocycles. The molecule has 8 heteroatoms. The third-order valence-electron chi connectivity index (χ3n) is 3.97. The average molecular weight is 335 g/mol. The van der Waals surface area contributed by atoms with Gasteiger partial charge in [-0.05, 0) is 38.0 Å². The van der Waals surface area contributed by atoms with E-state index in [0.29, 0.717) is 26.2 Å². The van der Waals surface area contributed by atoms with Gasteiger partial charge in [-0.1, -0.05) is 0 Å². The molecule has 1 aliphatic heterocycles. The molecule has 1 N–H and O–H groups in total. The standard InChI is InChI=1S/C15H21N5O2S/c1-13-12-15(14-4-6-16-7-5-14)18-20(13)11-8-17-23(21,22)19-9-2-3-10-19/h4-7,12,17H,2-3,8-11H2,1H3. The van der Waals surface area contributed by atoms with Crippen molar-refractivity contribution in [3.8, 4) is 11.3 Å². The molecule has 2 aromatic rings. The van der Waals surface area contributed by atoms with Crippen molar-refractivity contribution in [3.63, 3.8) is 0 Å². The van der Waals surface area contributed by atoms with Crippen LogP contribution in [-0.2, 0) is 16.8 Å². The molecular formula is C15H21N5O2S. The zero-order valence-corrected chi connectivity index (χ0v) is 14.0. The topological polar surface area (TPSA) is 80.1 Å². The highest BCUT2D eigenvalue weighted by atomic mass is 32.2. The fourth-order valence-corrected chi connectivity index (χ4v) is 3.97.